The first kappa shape index (κ1) is 3.87. The Morgan fingerprint density at radius 3 is 3.00 bits per heavy atom. The van der Waals surface area contributed by atoms with Gasteiger partial charge in [0.05, 0.1) is 6.54 Å². The van der Waals surface area contributed by atoms with Crippen molar-refractivity contribution >= 4 is 17.4 Å². The van der Waals surface area contributed by atoms with Crippen LogP contribution in [0, 0.1) is 6.61 Å². The summed E-state index contributed by atoms with van der Waals surface area (Å²) < 4.78 is 4.65. The zero-order valence-corrected chi connectivity index (χ0v) is 3.92. The highest BCUT2D eigenvalue weighted by atomic mass is 32.1. The van der Waals surface area contributed by atoms with Gasteiger partial charge in [-0.1, -0.05) is 0 Å². The third kappa shape index (κ3) is 0.597. The third-order valence-electron chi connectivity index (χ3n) is 0.520. The van der Waals surface area contributed by atoms with Crippen molar-refractivity contribution in [1.82, 2.24) is 5.32 Å². The number of rotatable bonds is 0. The Bertz CT molecular complexity index is 65.2. The van der Waals surface area contributed by atoms with Gasteiger partial charge in [-0.3, -0.25) is 0 Å². The Balaban J connectivity index is 2.37. The Kier molecular flexibility index (Phi) is 0.919. The molecule has 0 unspecified atom stereocenters. The lowest BCUT2D eigenvalue weighted by molar-refractivity contribution is 0.440. The molecule has 0 spiro atoms. The molecule has 1 radical (unpaired) electrons. The van der Waals surface area contributed by atoms with Crippen molar-refractivity contribution < 1.29 is 4.74 Å². The minimum atomic E-state index is 0.481. The summed E-state index contributed by atoms with van der Waals surface area (Å²) in [5, 5.41) is 3.25. The lowest BCUT2D eigenvalue weighted by Gasteiger charge is -1.84. The lowest BCUT2D eigenvalue weighted by Crippen LogP contribution is -2.11. The molecule has 0 bridgehead atoms. The topological polar surface area (TPSA) is 21.3 Å². The summed E-state index contributed by atoms with van der Waals surface area (Å²) in [6.45, 7) is 2.38. The summed E-state index contributed by atoms with van der Waals surface area (Å²) in [5.74, 6) is 0. The number of thiocarbonyl (C=S) groups is 1. The van der Waals surface area contributed by atoms with Crippen LogP contribution in [0.15, 0.2) is 0 Å². The Labute approximate surface area is 41.5 Å². The van der Waals surface area contributed by atoms with E-state index in [1.807, 2.05) is 0 Å². The van der Waals surface area contributed by atoms with E-state index in [0.29, 0.717) is 5.17 Å². The molecule has 1 aliphatic heterocycles. The van der Waals surface area contributed by atoms with Gasteiger partial charge >= 0.3 is 0 Å². The minimum Gasteiger partial charge on any atom is -0.462 e. The van der Waals surface area contributed by atoms with Crippen LogP contribution in [0.1, 0.15) is 0 Å². The standard InChI is InChI=1S/C3H4NOS/c6-3-4-1-2-5-3/h2H,1H2,(H,4,6). The molecular weight excluding hydrogens is 98.1 g/mol. The van der Waals surface area contributed by atoms with Crippen LogP contribution >= 0.6 is 12.2 Å². The van der Waals surface area contributed by atoms with Crippen molar-refractivity contribution in [2.75, 3.05) is 6.54 Å². The van der Waals surface area contributed by atoms with Crippen molar-refractivity contribution in [2.45, 2.75) is 0 Å². The summed E-state index contributed by atoms with van der Waals surface area (Å²) >= 11 is 4.55. The van der Waals surface area contributed by atoms with Gasteiger partial charge in [0.1, 0.15) is 0 Å². The Morgan fingerprint density at radius 2 is 2.83 bits per heavy atom. The average Bonchev–Trinajstić information content (AvgIpc) is 1.86. The van der Waals surface area contributed by atoms with Crippen LogP contribution < -0.4 is 5.32 Å². The van der Waals surface area contributed by atoms with Crippen LogP contribution in [0.2, 0.25) is 0 Å². The summed E-state index contributed by atoms with van der Waals surface area (Å²) in [6.07, 6.45) is 0. The highest BCUT2D eigenvalue weighted by Crippen LogP contribution is 1.89. The molecule has 1 aliphatic rings. The van der Waals surface area contributed by atoms with E-state index in [-0.39, 0.29) is 0 Å². The fourth-order valence-corrected chi connectivity index (χ4v) is 0.435. The van der Waals surface area contributed by atoms with E-state index >= 15 is 0 Å². The van der Waals surface area contributed by atoms with E-state index in [1.165, 1.54) is 0 Å². The Hall–Kier alpha value is -0.310. The molecule has 1 N–H and O–H groups in total. The fourth-order valence-electron chi connectivity index (χ4n) is 0.284. The van der Waals surface area contributed by atoms with Gasteiger partial charge < -0.3 is 10.1 Å². The van der Waals surface area contributed by atoms with Crippen LogP contribution in [0.3, 0.4) is 0 Å². The number of hydrogen-bond acceptors (Lipinski definition) is 2. The van der Waals surface area contributed by atoms with Crippen LogP contribution in [0.5, 0.6) is 0 Å². The van der Waals surface area contributed by atoms with Crippen molar-refractivity contribution in [1.29, 1.82) is 0 Å². The van der Waals surface area contributed by atoms with Crippen molar-refractivity contribution in [3.63, 3.8) is 0 Å². The van der Waals surface area contributed by atoms with Gasteiger partial charge in [0.15, 0.2) is 6.61 Å². The number of nitrogens with one attached hydrogen (secondary N) is 1. The zero-order valence-electron chi connectivity index (χ0n) is 3.10. The van der Waals surface area contributed by atoms with Crippen LogP contribution in [0.4, 0.5) is 0 Å². The maximum absolute atomic E-state index is 4.65. The third-order valence-corrected chi connectivity index (χ3v) is 0.761. The maximum Gasteiger partial charge on any atom is 0.257 e. The van der Waals surface area contributed by atoms with Crippen molar-refractivity contribution in [3.05, 3.63) is 6.61 Å². The maximum atomic E-state index is 4.65. The van der Waals surface area contributed by atoms with Crippen molar-refractivity contribution in [2.24, 2.45) is 0 Å². The first-order chi connectivity index (χ1) is 2.89. The highest BCUT2D eigenvalue weighted by molar-refractivity contribution is 7.80. The van der Waals surface area contributed by atoms with E-state index in [4.69, 9.17) is 0 Å². The number of hydrogen-bond donors (Lipinski definition) is 1. The SMILES string of the molecule is S=C1NC[CH]O1. The molecular formula is C3H4NOS. The van der Waals surface area contributed by atoms with E-state index in [9.17, 15) is 0 Å². The largest absolute Gasteiger partial charge is 0.462 e. The van der Waals surface area contributed by atoms with E-state index in [2.05, 4.69) is 22.3 Å². The normalized spacial score (nSPS) is 19.7. The first-order valence-corrected chi connectivity index (χ1v) is 2.06. The molecule has 1 saturated heterocycles. The van der Waals surface area contributed by atoms with Crippen LogP contribution in [0.25, 0.3) is 0 Å². The molecule has 1 rings (SSSR count). The van der Waals surface area contributed by atoms with E-state index < -0.39 is 0 Å². The molecule has 0 aromatic rings. The van der Waals surface area contributed by atoms with Gasteiger partial charge in [-0.2, -0.15) is 0 Å². The summed E-state index contributed by atoms with van der Waals surface area (Å²) in [6, 6.07) is 0. The van der Waals surface area contributed by atoms with Crippen LogP contribution in [-0.4, -0.2) is 11.7 Å². The molecule has 3 heteroatoms. The fraction of sp³-hybridized carbons (Fsp3) is 0.333. The molecule has 0 aromatic heterocycles. The first-order valence-electron chi connectivity index (χ1n) is 1.66. The summed E-state index contributed by atoms with van der Waals surface area (Å²) in [5.41, 5.74) is 0. The quantitative estimate of drug-likeness (QED) is 0.437. The minimum absolute atomic E-state index is 0.481. The van der Waals surface area contributed by atoms with E-state index in [1.54, 1.807) is 6.61 Å². The highest BCUT2D eigenvalue weighted by Gasteiger charge is 2.02. The second kappa shape index (κ2) is 1.43. The van der Waals surface area contributed by atoms with Gasteiger partial charge in [-0.25, -0.2) is 0 Å². The Morgan fingerprint density at radius 1 is 2.00 bits per heavy atom. The molecule has 1 heterocycles. The van der Waals surface area contributed by atoms with Gasteiger partial charge in [0.2, 0.25) is 0 Å². The molecule has 6 heavy (non-hydrogen) atoms. The molecule has 0 saturated carbocycles. The van der Waals surface area contributed by atoms with Gasteiger partial charge in [-0.15, -0.1) is 0 Å². The summed E-state index contributed by atoms with van der Waals surface area (Å²) in [7, 11) is 0. The molecule has 0 aromatic carbocycles. The monoisotopic (exact) mass is 102 g/mol. The molecule has 33 valence electrons. The van der Waals surface area contributed by atoms with Crippen molar-refractivity contribution in [3.8, 4) is 0 Å². The van der Waals surface area contributed by atoms with Crippen LogP contribution in [-0.2, 0) is 4.74 Å². The smallest absolute Gasteiger partial charge is 0.257 e. The molecule has 0 atom stereocenters. The molecule has 0 aliphatic carbocycles. The van der Waals surface area contributed by atoms with Gasteiger partial charge in [0, 0.05) is 0 Å². The molecule has 1 fully saturated rings. The van der Waals surface area contributed by atoms with E-state index in [0.717, 1.165) is 6.54 Å². The predicted octanol–water partition coefficient (Wildman–Crippen LogP) is 0.0529. The predicted molar refractivity (Wildman–Crippen MR) is 26.0 cm³/mol. The van der Waals surface area contributed by atoms with Gasteiger partial charge in [-0.05, 0) is 12.2 Å². The number of ether oxygens (including phenoxy) is 1. The molecule has 0 amide bonds. The second-order valence-corrected chi connectivity index (χ2v) is 1.32. The summed E-state index contributed by atoms with van der Waals surface area (Å²) in [4.78, 5) is 0. The molecule has 2 nitrogen and oxygen atoms in total. The lowest BCUT2D eigenvalue weighted by atomic mass is 10.7. The second-order valence-electron chi connectivity index (χ2n) is 0.953. The average molecular weight is 102 g/mol. The van der Waals surface area contributed by atoms with Gasteiger partial charge in [0.25, 0.3) is 5.17 Å². The zero-order chi connectivity index (χ0) is 4.41.